The summed E-state index contributed by atoms with van der Waals surface area (Å²) >= 11 is 0. The Morgan fingerprint density at radius 2 is 1.83 bits per heavy atom. The van der Waals surface area contributed by atoms with E-state index in [1.165, 1.54) is 4.68 Å². The standard InChI is InChI=1S/C24H26N2O4/c1-17-5-6-18(2)22(15-17)29-12-3-11-26-24(27)10-8-20(25-26)19-7-9-21-23(16-19)30-14-4-13-28-21/h5-10,15-16H,3-4,11-14H2,1-2H3. The highest BCUT2D eigenvalue weighted by molar-refractivity contribution is 5.63. The van der Waals surface area contributed by atoms with Crippen LogP contribution in [0.5, 0.6) is 17.2 Å². The molecule has 0 bridgehead atoms. The van der Waals surface area contributed by atoms with Gasteiger partial charge in [-0.2, -0.15) is 5.10 Å². The molecule has 0 spiro atoms. The maximum atomic E-state index is 12.3. The number of nitrogens with zero attached hydrogens (tertiary/aromatic N) is 2. The van der Waals surface area contributed by atoms with Crippen molar-refractivity contribution < 1.29 is 14.2 Å². The monoisotopic (exact) mass is 406 g/mol. The van der Waals surface area contributed by atoms with Crippen molar-refractivity contribution in [2.45, 2.75) is 33.2 Å². The summed E-state index contributed by atoms with van der Waals surface area (Å²) in [4.78, 5) is 12.3. The summed E-state index contributed by atoms with van der Waals surface area (Å²) in [5.74, 6) is 2.34. The number of hydrogen-bond acceptors (Lipinski definition) is 5. The van der Waals surface area contributed by atoms with Gasteiger partial charge in [-0.05, 0) is 55.3 Å². The first kappa shape index (κ1) is 20.0. The summed E-state index contributed by atoms with van der Waals surface area (Å²) in [5, 5.41) is 4.54. The smallest absolute Gasteiger partial charge is 0.266 e. The molecule has 2 heterocycles. The van der Waals surface area contributed by atoms with Crippen LogP contribution in [0, 0.1) is 13.8 Å². The van der Waals surface area contributed by atoms with E-state index < -0.39 is 0 Å². The van der Waals surface area contributed by atoms with Gasteiger partial charge >= 0.3 is 0 Å². The Hall–Kier alpha value is -3.28. The molecular formula is C24H26N2O4. The zero-order chi connectivity index (χ0) is 20.9. The fourth-order valence-electron chi connectivity index (χ4n) is 3.34. The third kappa shape index (κ3) is 4.64. The molecule has 0 amide bonds. The van der Waals surface area contributed by atoms with E-state index in [9.17, 15) is 4.79 Å². The molecule has 156 valence electrons. The predicted molar refractivity (Wildman–Crippen MR) is 116 cm³/mol. The average molecular weight is 406 g/mol. The van der Waals surface area contributed by atoms with E-state index in [0.29, 0.717) is 38.5 Å². The third-order valence-corrected chi connectivity index (χ3v) is 5.03. The average Bonchev–Trinajstić information content (AvgIpc) is 2.99. The van der Waals surface area contributed by atoms with Gasteiger partial charge in [-0.1, -0.05) is 12.1 Å². The van der Waals surface area contributed by atoms with Gasteiger partial charge < -0.3 is 14.2 Å². The highest BCUT2D eigenvalue weighted by atomic mass is 16.5. The first-order valence-corrected chi connectivity index (χ1v) is 10.3. The Morgan fingerprint density at radius 3 is 2.70 bits per heavy atom. The number of aromatic nitrogens is 2. The largest absolute Gasteiger partial charge is 0.493 e. The fraction of sp³-hybridized carbons (Fsp3) is 0.333. The van der Waals surface area contributed by atoms with Crippen molar-refractivity contribution in [1.82, 2.24) is 9.78 Å². The molecule has 6 nitrogen and oxygen atoms in total. The topological polar surface area (TPSA) is 62.6 Å². The van der Waals surface area contributed by atoms with Crippen LogP contribution >= 0.6 is 0 Å². The summed E-state index contributed by atoms with van der Waals surface area (Å²) < 4.78 is 18.8. The SMILES string of the molecule is Cc1ccc(C)c(OCCCn2nc(-c3ccc4c(c3)OCCCO4)ccc2=O)c1. The molecular weight excluding hydrogens is 380 g/mol. The van der Waals surface area contributed by atoms with Gasteiger partial charge in [-0.3, -0.25) is 4.79 Å². The van der Waals surface area contributed by atoms with Crippen LogP contribution in [-0.2, 0) is 6.54 Å². The quantitative estimate of drug-likeness (QED) is 0.575. The van der Waals surface area contributed by atoms with Gasteiger partial charge in [0.1, 0.15) is 5.75 Å². The molecule has 0 atom stereocenters. The van der Waals surface area contributed by atoms with E-state index in [-0.39, 0.29) is 5.56 Å². The van der Waals surface area contributed by atoms with Crippen LogP contribution in [0.25, 0.3) is 11.3 Å². The minimum Gasteiger partial charge on any atom is -0.493 e. The van der Waals surface area contributed by atoms with Crippen LogP contribution in [0.1, 0.15) is 24.0 Å². The van der Waals surface area contributed by atoms with E-state index in [1.54, 1.807) is 12.1 Å². The lowest BCUT2D eigenvalue weighted by atomic mass is 10.1. The number of fused-ring (bicyclic) bond motifs is 1. The van der Waals surface area contributed by atoms with Crippen LogP contribution in [0.15, 0.2) is 53.3 Å². The van der Waals surface area contributed by atoms with Gasteiger partial charge in [0.25, 0.3) is 5.56 Å². The molecule has 0 saturated carbocycles. The molecule has 0 aliphatic carbocycles. The molecule has 0 radical (unpaired) electrons. The third-order valence-electron chi connectivity index (χ3n) is 5.03. The fourth-order valence-corrected chi connectivity index (χ4v) is 3.34. The molecule has 1 aliphatic heterocycles. The zero-order valence-electron chi connectivity index (χ0n) is 17.4. The lowest BCUT2D eigenvalue weighted by Gasteiger charge is -2.12. The van der Waals surface area contributed by atoms with Gasteiger partial charge in [-0.15, -0.1) is 0 Å². The summed E-state index contributed by atoms with van der Waals surface area (Å²) in [6.45, 7) is 6.36. The van der Waals surface area contributed by atoms with E-state index in [4.69, 9.17) is 14.2 Å². The highest BCUT2D eigenvalue weighted by Gasteiger charge is 2.12. The Kier molecular flexibility index (Phi) is 6.02. The van der Waals surface area contributed by atoms with Gasteiger partial charge in [0.15, 0.2) is 11.5 Å². The van der Waals surface area contributed by atoms with Gasteiger partial charge in [0.05, 0.1) is 25.5 Å². The maximum absolute atomic E-state index is 12.3. The number of rotatable bonds is 6. The van der Waals surface area contributed by atoms with E-state index in [2.05, 4.69) is 17.2 Å². The molecule has 6 heteroatoms. The Bertz CT molecular complexity index is 1090. The first-order valence-electron chi connectivity index (χ1n) is 10.3. The van der Waals surface area contributed by atoms with Crippen LogP contribution in [0.3, 0.4) is 0 Å². The van der Waals surface area contributed by atoms with Crippen LogP contribution < -0.4 is 19.8 Å². The number of benzene rings is 2. The molecule has 4 rings (SSSR count). The summed E-state index contributed by atoms with van der Waals surface area (Å²) in [5.41, 5.74) is 3.75. The molecule has 3 aromatic rings. The van der Waals surface area contributed by atoms with Crippen molar-refractivity contribution >= 4 is 0 Å². The molecule has 0 fully saturated rings. The Morgan fingerprint density at radius 1 is 1.00 bits per heavy atom. The Labute approximate surface area is 176 Å². The molecule has 2 aromatic carbocycles. The number of hydrogen-bond donors (Lipinski definition) is 0. The number of aryl methyl sites for hydroxylation is 3. The lowest BCUT2D eigenvalue weighted by molar-refractivity contribution is 0.295. The lowest BCUT2D eigenvalue weighted by Crippen LogP contribution is -2.23. The molecule has 0 N–H and O–H groups in total. The summed E-state index contributed by atoms with van der Waals surface area (Å²) in [6.07, 6.45) is 1.54. The van der Waals surface area contributed by atoms with Gasteiger partial charge in [0.2, 0.25) is 0 Å². The van der Waals surface area contributed by atoms with E-state index in [0.717, 1.165) is 40.3 Å². The van der Waals surface area contributed by atoms with Crippen LogP contribution in [0.4, 0.5) is 0 Å². The van der Waals surface area contributed by atoms with Gasteiger partial charge in [-0.25, -0.2) is 4.68 Å². The van der Waals surface area contributed by atoms with Crippen LogP contribution in [0.2, 0.25) is 0 Å². The Balaban J connectivity index is 1.44. The van der Waals surface area contributed by atoms with Crippen molar-refractivity contribution in [3.8, 4) is 28.5 Å². The highest BCUT2D eigenvalue weighted by Crippen LogP contribution is 2.33. The molecule has 0 saturated heterocycles. The van der Waals surface area contributed by atoms with E-state index >= 15 is 0 Å². The zero-order valence-corrected chi connectivity index (χ0v) is 17.4. The van der Waals surface area contributed by atoms with Crippen molar-refractivity contribution in [2.75, 3.05) is 19.8 Å². The van der Waals surface area contributed by atoms with Crippen molar-refractivity contribution in [3.05, 3.63) is 70.0 Å². The van der Waals surface area contributed by atoms with Crippen molar-refractivity contribution in [1.29, 1.82) is 0 Å². The van der Waals surface area contributed by atoms with E-state index in [1.807, 2.05) is 38.1 Å². The second-order valence-corrected chi connectivity index (χ2v) is 7.46. The van der Waals surface area contributed by atoms with Crippen LogP contribution in [-0.4, -0.2) is 29.6 Å². The second kappa shape index (κ2) is 9.03. The summed E-state index contributed by atoms with van der Waals surface area (Å²) in [7, 11) is 0. The predicted octanol–water partition coefficient (Wildman–Crippen LogP) is 4.16. The first-order chi connectivity index (χ1) is 14.6. The second-order valence-electron chi connectivity index (χ2n) is 7.46. The molecule has 1 aliphatic rings. The normalized spacial score (nSPS) is 13.0. The van der Waals surface area contributed by atoms with Gasteiger partial charge in [0, 0.05) is 31.0 Å². The van der Waals surface area contributed by atoms with Crippen molar-refractivity contribution in [2.24, 2.45) is 0 Å². The molecule has 30 heavy (non-hydrogen) atoms. The minimum absolute atomic E-state index is 0.125. The maximum Gasteiger partial charge on any atom is 0.266 e. The molecule has 1 aromatic heterocycles. The molecule has 0 unspecified atom stereocenters. The summed E-state index contributed by atoms with van der Waals surface area (Å²) in [6, 6.07) is 15.2. The number of ether oxygens (including phenoxy) is 3. The minimum atomic E-state index is -0.125. The van der Waals surface area contributed by atoms with Crippen molar-refractivity contribution in [3.63, 3.8) is 0 Å².